The summed E-state index contributed by atoms with van der Waals surface area (Å²) in [5.41, 5.74) is 8.72. The largest absolute Gasteiger partial charge is 0.351 e. The fourth-order valence-corrected chi connectivity index (χ4v) is 3.71. The Hall–Kier alpha value is -4.00. The van der Waals surface area contributed by atoms with Gasteiger partial charge in [0, 0.05) is 35.2 Å². The van der Waals surface area contributed by atoms with Crippen LogP contribution in [-0.4, -0.2) is 20.6 Å². The first-order valence-corrected chi connectivity index (χ1v) is 10.1. The molecule has 1 atom stereocenters. The molecule has 156 valence electrons. The van der Waals surface area contributed by atoms with Crippen molar-refractivity contribution in [1.29, 1.82) is 0 Å². The lowest BCUT2D eigenvalue weighted by atomic mass is 9.95. The molecule has 1 aromatic carbocycles. The number of pyridine rings is 3. The lowest BCUT2D eigenvalue weighted by molar-refractivity contribution is 0.259. The topological polar surface area (TPSA) is 103 Å². The van der Waals surface area contributed by atoms with Crippen molar-refractivity contribution in [1.82, 2.24) is 14.5 Å². The van der Waals surface area contributed by atoms with Gasteiger partial charge >= 0.3 is 6.03 Å². The van der Waals surface area contributed by atoms with Crippen molar-refractivity contribution in [3.63, 3.8) is 0 Å². The molecule has 31 heavy (non-hydrogen) atoms. The van der Waals surface area contributed by atoms with Gasteiger partial charge in [-0.05, 0) is 72.9 Å². The van der Waals surface area contributed by atoms with E-state index in [2.05, 4.69) is 22.2 Å². The van der Waals surface area contributed by atoms with Crippen LogP contribution < -0.4 is 16.6 Å². The Kier molecular flexibility index (Phi) is 5.75. The number of hydrogen-bond acceptors (Lipinski definition) is 4. The number of nitrogens with zero attached hydrogens (tertiary/aromatic N) is 3. The lowest BCUT2D eigenvalue weighted by Gasteiger charge is -2.15. The first-order chi connectivity index (χ1) is 15.0. The molecule has 3 N–H and O–H groups in total. The van der Waals surface area contributed by atoms with Gasteiger partial charge in [-0.2, -0.15) is 0 Å². The Labute approximate surface area is 179 Å². The maximum atomic E-state index is 13.5. The van der Waals surface area contributed by atoms with E-state index in [0.717, 1.165) is 17.4 Å². The quantitative estimate of drug-likeness (QED) is 0.498. The molecule has 0 bridgehead atoms. The smallest absolute Gasteiger partial charge is 0.316 e. The molecule has 3 heterocycles. The molecule has 0 aliphatic heterocycles. The summed E-state index contributed by atoms with van der Waals surface area (Å²) in [6.45, 7) is 2.15. The Morgan fingerprint density at radius 1 is 1.10 bits per heavy atom. The third-order valence-corrected chi connectivity index (χ3v) is 5.33. The van der Waals surface area contributed by atoms with E-state index in [1.165, 1.54) is 5.56 Å². The second kappa shape index (κ2) is 8.79. The minimum atomic E-state index is -0.661. The standard InChI is InChI=1S/C24H23N5O2/c1-16(17-9-12-26-13-10-17)7-8-19-14-18-4-3-11-27-22(18)29(23(19)30)21-6-2-5-20(15-21)28-24(25)31/h2-6,9-16H,7-8H2,1H3,(H3,25,28,31). The summed E-state index contributed by atoms with van der Waals surface area (Å²) < 4.78 is 1.59. The van der Waals surface area contributed by atoms with Crippen LogP contribution in [0.4, 0.5) is 10.5 Å². The minimum absolute atomic E-state index is 0.121. The van der Waals surface area contributed by atoms with Crippen molar-refractivity contribution in [2.45, 2.75) is 25.7 Å². The van der Waals surface area contributed by atoms with Crippen LogP contribution in [0.15, 0.2) is 78.0 Å². The van der Waals surface area contributed by atoms with Crippen molar-refractivity contribution in [2.24, 2.45) is 5.73 Å². The summed E-state index contributed by atoms with van der Waals surface area (Å²) in [5.74, 6) is 0.295. The van der Waals surface area contributed by atoms with Gasteiger partial charge in [0.15, 0.2) is 0 Å². The van der Waals surface area contributed by atoms with Crippen molar-refractivity contribution in [3.05, 3.63) is 94.7 Å². The number of anilines is 1. The summed E-state index contributed by atoms with van der Waals surface area (Å²) in [6.07, 6.45) is 6.69. The zero-order chi connectivity index (χ0) is 21.8. The molecule has 0 radical (unpaired) electrons. The number of hydrogen-bond donors (Lipinski definition) is 2. The van der Waals surface area contributed by atoms with E-state index in [1.54, 1.807) is 41.4 Å². The highest BCUT2D eigenvalue weighted by Crippen LogP contribution is 2.22. The van der Waals surface area contributed by atoms with E-state index in [9.17, 15) is 9.59 Å². The molecule has 0 fully saturated rings. The van der Waals surface area contributed by atoms with Gasteiger partial charge in [0.1, 0.15) is 5.65 Å². The number of aryl methyl sites for hydroxylation is 1. The Bertz CT molecular complexity index is 1280. The number of primary amides is 1. The van der Waals surface area contributed by atoms with E-state index in [1.807, 2.05) is 36.4 Å². The SMILES string of the molecule is CC(CCc1cc2cccnc2n(-c2cccc(NC(N)=O)c2)c1=O)c1ccncc1. The maximum Gasteiger partial charge on any atom is 0.316 e. The van der Waals surface area contributed by atoms with Crippen LogP contribution in [0.1, 0.15) is 30.4 Å². The van der Waals surface area contributed by atoms with Gasteiger partial charge in [0.25, 0.3) is 5.56 Å². The highest BCUT2D eigenvalue weighted by Gasteiger charge is 2.14. The Morgan fingerprint density at radius 2 is 1.90 bits per heavy atom. The molecule has 4 rings (SSSR count). The lowest BCUT2D eigenvalue weighted by Crippen LogP contribution is -2.24. The number of benzene rings is 1. The fourth-order valence-electron chi connectivity index (χ4n) is 3.71. The van der Waals surface area contributed by atoms with Crippen molar-refractivity contribution in [3.8, 4) is 5.69 Å². The summed E-state index contributed by atoms with van der Waals surface area (Å²) in [6, 6.07) is 16.1. The van der Waals surface area contributed by atoms with Crippen molar-refractivity contribution < 1.29 is 4.79 Å². The van der Waals surface area contributed by atoms with Crippen LogP contribution in [0.5, 0.6) is 0 Å². The van der Waals surface area contributed by atoms with E-state index >= 15 is 0 Å². The Morgan fingerprint density at radius 3 is 2.68 bits per heavy atom. The number of carbonyl (C=O) groups is 1. The van der Waals surface area contributed by atoms with Crippen LogP contribution in [0.2, 0.25) is 0 Å². The predicted octanol–water partition coefficient (Wildman–Crippen LogP) is 4.01. The number of nitrogens with one attached hydrogen (secondary N) is 1. The van der Waals surface area contributed by atoms with Crippen LogP contribution >= 0.6 is 0 Å². The van der Waals surface area contributed by atoms with Gasteiger partial charge in [-0.15, -0.1) is 0 Å². The second-order valence-corrected chi connectivity index (χ2v) is 7.49. The molecular formula is C24H23N5O2. The number of amides is 2. The summed E-state index contributed by atoms with van der Waals surface area (Å²) >= 11 is 0. The first kappa shape index (κ1) is 20.3. The van der Waals surface area contributed by atoms with Crippen molar-refractivity contribution >= 4 is 22.8 Å². The zero-order valence-corrected chi connectivity index (χ0v) is 17.2. The minimum Gasteiger partial charge on any atom is -0.351 e. The average molecular weight is 413 g/mol. The number of aromatic nitrogens is 3. The van der Waals surface area contributed by atoms with Gasteiger partial charge in [-0.3, -0.25) is 14.3 Å². The van der Waals surface area contributed by atoms with Crippen LogP contribution in [0.3, 0.4) is 0 Å². The molecule has 3 aromatic heterocycles. The van der Waals surface area contributed by atoms with Crippen LogP contribution in [-0.2, 0) is 6.42 Å². The van der Waals surface area contributed by atoms with Gasteiger partial charge < -0.3 is 11.1 Å². The van der Waals surface area contributed by atoms with E-state index < -0.39 is 6.03 Å². The highest BCUT2D eigenvalue weighted by atomic mass is 16.2. The van der Waals surface area contributed by atoms with Gasteiger partial charge in [-0.25, -0.2) is 9.78 Å². The molecular weight excluding hydrogens is 390 g/mol. The number of rotatable bonds is 6. The van der Waals surface area contributed by atoms with Crippen LogP contribution in [0.25, 0.3) is 16.7 Å². The van der Waals surface area contributed by atoms with Gasteiger partial charge in [-0.1, -0.05) is 13.0 Å². The third kappa shape index (κ3) is 4.45. The molecule has 0 aliphatic carbocycles. The summed E-state index contributed by atoms with van der Waals surface area (Å²) in [5, 5.41) is 3.43. The number of urea groups is 1. The number of carbonyl (C=O) groups excluding carboxylic acids is 1. The van der Waals surface area contributed by atoms with E-state index in [4.69, 9.17) is 5.73 Å². The molecule has 4 aromatic rings. The second-order valence-electron chi connectivity index (χ2n) is 7.49. The zero-order valence-electron chi connectivity index (χ0n) is 17.2. The monoisotopic (exact) mass is 413 g/mol. The van der Waals surface area contributed by atoms with Gasteiger partial charge in [0.2, 0.25) is 0 Å². The molecule has 0 aliphatic rings. The fraction of sp³-hybridized carbons (Fsp3) is 0.167. The number of nitrogens with two attached hydrogens (primary N) is 1. The summed E-state index contributed by atoms with van der Waals surface area (Å²) in [7, 11) is 0. The predicted molar refractivity (Wildman–Crippen MR) is 122 cm³/mol. The average Bonchev–Trinajstić information content (AvgIpc) is 2.78. The highest BCUT2D eigenvalue weighted by molar-refractivity contribution is 5.88. The number of fused-ring (bicyclic) bond motifs is 1. The van der Waals surface area contributed by atoms with Gasteiger partial charge in [0.05, 0.1) is 5.69 Å². The van der Waals surface area contributed by atoms with Crippen LogP contribution in [0, 0.1) is 0 Å². The molecule has 2 amide bonds. The maximum absolute atomic E-state index is 13.5. The first-order valence-electron chi connectivity index (χ1n) is 10.1. The molecule has 0 saturated heterocycles. The third-order valence-electron chi connectivity index (χ3n) is 5.33. The molecule has 0 spiro atoms. The summed E-state index contributed by atoms with van der Waals surface area (Å²) in [4.78, 5) is 33.2. The Balaban J connectivity index is 1.75. The van der Waals surface area contributed by atoms with E-state index in [-0.39, 0.29) is 5.56 Å². The molecule has 7 heteroatoms. The van der Waals surface area contributed by atoms with E-state index in [0.29, 0.717) is 29.4 Å². The van der Waals surface area contributed by atoms with Crippen molar-refractivity contribution in [2.75, 3.05) is 5.32 Å². The molecule has 0 saturated carbocycles. The normalized spacial score (nSPS) is 11.9. The molecule has 7 nitrogen and oxygen atoms in total. The molecule has 1 unspecified atom stereocenters.